The van der Waals surface area contributed by atoms with Crippen LogP contribution < -0.4 is 0 Å². The number of carbonyl (C=O) groups excluding carboxylic acids is 4. The van der Waals surface area contributed by atoms with Crippen LogP contribution in [0.5, 0.6) is 0 Å². The zero-order valence-electron chi connectivity index (χ0n) is 60.6. The number of ether oxygens (including phenoxy) is 4. The van der Waals surface area contributed by atoms with Crippen LogP contribution in [0, 0.1) is 11.8 Å². The highest BCUT2D eigenvalue weighted by Crippen LogP contribution is 2.45. The highest BCUT2D eigenvalue weighted by Gasteiger charge is 2.30. The Morgan fingerprint density at radius 1 is 0.312 bits per heavy atom. The van der Waals surface area contributed by atoms with Crippen molar-refractivity contribution in [3.05, 3.63) is 0 Å². The third-order valence-corrected chi connectivity index (χ3v) is 19.5. The van der Waals surface area contributed by atoms with Crippen LogP contribution in [0.2, 0.25) is 0 Å². The lowest BCUT2D eigenvalue weighted by Crippen LogP contribution is -2.30. The van der Waals surface area contributed by atoms with Gasteiger partial charge in [0.1, 0.15) is 19.3 Å². The van der Waals surface area contributed by atoms with Crippen molar-refractivity contribution >= 4 is 39.5 Å². The van der Waals surface area contributed by atoms with Crippen molar-refractivity contribution in [2.45, 2.75) is 400 Å². The lowest BCUT2D eigenvalue weighted by Gasteiger charge is -2.21. The van der Waals surface area contributed by atoms with E-state index in [2.05, 4.69) is 41.5 Å². The molecule has 0 heterocycles. The summed E-state index contributed by atoms with van der Waals surface area (Å²) < 4.78 is 68.4. The lowest BCUT2D eigenvalue weighted by atomic mass is 10.00. The van der Waals surface area contributed by atoms with Crippen molar-refractivity contribution in [2.75, 3.05) is 39.6 Å². The summed E-state index contributed by atoms with van der Waals surface area (Å²) in [5.41, 5.74) is 0. The van der Waals surface area contributed by atoms with Gasteiger partial charge in [-0.05, 0) is 37.5 Å². The van der Waals surface area contributed by atoms with Crippen LogP contribution in [0.25, 0.3) is 0 Å². The van der Waals surface area contributed by atoms with E-state index in [0.29, 0.717) is 25.7 Å². The molecule has 0 saturated heterocycles. The minimum atomic E-state index is -4.95. The van der Waals surface area contributed by atoms with Crippen molar-refractivity contribution in [1.29, 1.82) is 0 Å². The standard InChI is InChI=1S/C74H144O17P2/c1-7-10-12-14-16-18-20-21-22-23-24-25-26-27-28-29-31-33-39-47-53-59-74(79)90-69(62-84-71(76)56-50-44-37-35-34-36-42-48-54-66(4)5)64-88-92(80,81)86-60-68(75)61-87-93(82,83)89-65-70(63-85-72(77)57-51-45-41-40-43-49-55-67(6)9-3)91-73(78)58-52-46-38-32-30-19-17-15-13-11-8-2/h66-70,75H,7-65H2,1-6H3,(H,80,81)(H,82,83)/t67?,68-,69-,70-/m1/s1. The Kier molecular flexibility index (Phi) is 64.6. The molecule has 6 atom stereocenters. The molecule has 0 aliphatic heterocycles. The van der Waals surface area contributed by atoms with Gasteiger partial charge in [-0.3, -0.25) is 37.3 Å². The molecule has 19 heteroatoms. The van der Waals surface area contributed by atoms with Crippen molar-refractivity contribution in [3.8, 4) is 0 Å². The summed E-state index contributed by atoms with van der Waals surface area (Å²) in [7, 11) is -9.90. The predicted molar refractivity (Wildman–Crippen MR) is 377 cm³/mol. The van der Waals surface area contributed by atoms with Crippen LogP contribution in [0.1, 0.15) is 382 Å². The summed E-state index contributed by atoms with van der Waals surface area (Å²) in [6.07, 6.45) is 52.9. The second kappa shape index (κ2) is 66.0. The lowest BCUT2D eigenvalue weighted by molar-refractivity contribution is -0.161. The molecule has 0 aromatic carbocycles. The van der Waals surface area contributed by atoms with Crippen molar-refractivity contribution in [1.82, 2.24) is 0 Å². The van der Waals surface area contributed by atoms with Gasteiger partial charge in [0.05, 0.1) is 26.4 Å². The van der Waals surface area contributed by atoms with Crippen LogP contribution in [0.4, 0.5) is 0 Å². The first-order valence-corrected chi connectivity index (χ1v) is 41.5. The quantitative estimate of drug-likeness (QED) is 0.0222. The molecule has 17 nitrogen and oxygen atoms in total. The highest BCUT2D eigenvalue weighted by atomic mass is 31.2. The normalized spacial score (nSPS) is 14.3. The van der Waals surface area contributed by atoms with Crippen molar-refractivity contribution in [3.63, 3.8) is 0 Å². The van der Waals surface area contributed by atoms with Gasteiger partial charge in [-0.1, -0.05) is 330 Å². The molecule has 0 aromatic rings. The molecule has 0 radical (unpaired) electrons. The van der Waals surface area contributed by atoms with Gasteiger partial charge < -0.3 is 33.8 Å². The first kappa shape index (κ1) is 91.1. The first-order valence-electron chi connectivity index (χ1n) is 38.5. The Balaban J connectivity index is 5.18. The molecular weight excluding hydrogens is 1220 g/mol. The van der Waals surface area contributed by atoms with E-state index >= 15 is 0 Å². The molecule has 0 aromatic heterocycles. The number of aliphatic hydroxyl groups excluding tert-OH is 1. The maximum atomic E-state index is 13.1. The molecule has 0 aliphatic rings. The summed E-state index contributed by atoms with van der Waals surface area (Å²) >= 11 is 0. The predicted octanol–water partition coefficient (Wildman–Crippen LogP) is 21.6. The van der Waals surface area contributed by atoms with Gasteiger partial charge in [0.15, 0.2) is 12.2 Å². The zero-order chi connectivity index (χ0) is 68.6. The maximum Gasteiger partial charge on any atom is 0.472 e. The molecule has 0 aliphatic carbocycles. The summed E-state index contributed by atoms with van der Waals surface area (Å²) in [5.74, 6) is -0.664. The van der Waals surface area contributed by atoms with E-state index in [9.17, 15) is 43.2 Å². The number of rotatable bonds is 73. The molecule has 0 amide bonds. The second-order valence-electron chi connectivity index (χ2n) is 27.4. The number of aliphatic hydroxyl groups is 1. The smallest absolute Gasteiger partial charge is 0.462 e. The second-order valence-corrected chi connectivity index (χ2v) is 30.3. The van der Waals surface area contributed by atoms with Crippen LogP contribution >= 0.6 is 15.6 Å². The Hall–Kier alpha value is -1.94. The molecule has 3 unspecified atom stereocenters. The Morgan fingerprint density at radius 2 is 0.548 bits per heavy atom. The van der Waals surface area contributed by atoms with Gasteiger partial charge in [-0.15, -0.1) is 0 Å². The third kappa shape index (κ3) is 67.0. The van der Waals surface area contributed by atoms with Gasteiger partial charge in [0.2, 0.25) is 0 Å². The number of phosphoric ester groups is 2. The fraction of sp³-hybridized carbons (Fsp3) is 0.946. The van der Waals surface area contributed by atoms with E-state index in [4.69, 9.17) is 37.0 Å². The van der Waals surface area contributed by atoms with Crippen LogP contribution in [-0.2, 0) is 65.4 Å². The molecule has 0 saturated carbocycles. The number of hydrogen-bond acceptors (Lipinski definition) is 15. The van der Waals surface area contributed by atoms with E-state index in [0.717, 1.165) is 108 Å². The summed E-state index contributed by atoms with van der Waals surface area (Å²) in [6, 6.07) is 0. The fourth-order valence-electron chi connectivity index (χ4n) is 11.3. The summed E-state index contributed by atoms with van der Waals surface area (Å²) in [4.78, 5) is 72.6. The largest absolute Gasteiger partial charge is 0.472 e. The molecule has 0 spiro atoms. The average Bonchev–Trinajstić information content (AvgIpc) is 3.48. The van der Waals surface area contributed by atoms with Gasteiger partial charge in [-0.2, -0.15) is 0 Å². The van der Waals surface area contributed by atoms with Gasteiger partial charge in [-0.25, -0.2) is 9.13 Å². The Labute approximate surface area is 568 Å². The van der Waals surface area contributed by atoms with E-state index < -0.39 is 97.5 Å². The van der Waals surface area contributed by atoms with Crippen LogP contribution in [-0.4, -0.2) is 96.7 Å². The van der Waals surface area contributed by atoms with E-state index in [-0.39, 0.29) is 25.7 Å². The highest BCUT2D eigenvalue weighted by molar-refractivity contribution is 7.47. The van der Waals surface area contributed by atoms with Crippen LogP contribution in [0.3, 0.4) is 0 Å². The number of phosphoric acid groups is 2. The van der Waals surface area contributed by atoms with Crippen LogP contribution in [0.15, 0.2) is 0 Å². The monoisotopic (exact) mass is 1370 g/mol. The van der Waals surface area contributed by atoms with Gasteiger partial charge in [0.25, 0.3) is 0 Å². The molecule has 552 valence electrons. The SMILES string of the molecule is CCCCCCCCCCCCCCCCCCCCCCCC(=O)O[C@H](COC(=O)CCCCCCCCCCC(C)C)COP(=O)(O)OC[C@@H](O)COP(=O)(O)OC[C@@H](COC(=O)CCCCCCCCC(C)CC)OC(=O)CCCCCCCCCCCCC. The maximum absolute atomic E-state index is 13.1. The number of carbonyl (C=O) groups is 4. The van der Waals surface area contributed by atoms with Gasteiger partial charge >= 0.3 is 39.5 Å². The molecule has 0 fully saturated rings. The summed E-state index contributed by atoms with van der Waals surface area (Å²) in [5, 5.41) is 10.6. The minimum absolute atomic E-state index is 0.106. The topological polar surface area (TPSA) is 237 Å². The Morgan fingerprint density at radius 3 is 0.817 bits per heavy atom. The third-order valence-electron chi connectivity index (χ3n) is 17.6. The van der Waals surface area contributed by atoms with E-state index in [1.54, 1.807) is 0 Å². The number of unbranched alkanes of at least 4 members (excludes halogenated alkanes) is 42. The number of esters is 4. The van der Waals surface area contributed by atoms with E-state index in [1.807, 2.05) is 0 Å². The molecule has 0 rings (SSSR count). The molecule has 0 bridgehead atoms. The number of hydrogen-bond donors (Lipinski definition) is 3. The molecule has 3 N–H and O–H groups in total. The van der Waals surface area contributed by atoms with E-state index in [1.165, 1.54) is 193 Å². The average molecular weight is 1370 g/mol. The van der Waals surface area contributed by atoms with Crippen molar-refractivity contribution < 1.29 is 80.2 Å². The van der Waals surface area contributed by atoms with Gasteiger partial charge in [0, 0.05) is 25.7 Å². The Bertz CT molecular complexity index is 1810. The summed E-state index contributed by atoms with van der Waals surface area (Å²) in [6.45, 7) is 9.49. The zero-order valence-corrected chi connectivity index (χ0v) is 62.3. The minimum Gasteiger partial charge on any atom is -0.462 e. The van der Waals surface area contributed by atoms with Crippen molar-refractivity contribution in [2.24, 2.45) is 11.8 Å². The fourth-order valence-corrected chi connectivity index (χ4v) is 12.8. The first-order chi connectivity index (χ1) is 44.9. The molecular formula is C74H144O17P2. The molecule has 93 heavy (non-hydrogen) atoms.